The maximum absolute atomic E-state index is 5.33. The van der Waals surface area contributed by atoms with Crippen LogP contribution in [0.5, 0.6) is 11.5 Å². The van der Waals surface area contributed by atoms with Crippen LogP contribution in [-0.2, 0) is 6.42 Å². The van der Waals surface area contributed by atoms with E-state index in [-0.39, 0.29) is 0 Å². The number of nitrogens with one attached hydrogen (secondary N) is 1. The van der Waals surface area contributed by atoms with Crippen LogP contribution in [0.15, 0.2) is 18.2 Å². The molecule has 0 aliphatic rings. The normalized spacial score (nSPS) is 10.2. The molecule has 0 atom stereocenters. The number of unbranched alkanes of at least 4 members (excludes halogenated alkanes) is 1. The van der Waals surface area contributed by atoms with E-state index in [1.807, 2.05) is 19.2 Å². The van der Waals surface area contributed by atoms with Gasteiger partial charge in [-0.25, -0.2) is 0 Å². The third kappa shape index (κ3) is 3.74. The summed E-state index contributed by atoms with van der Waals surface area (Å²) in [6, 6.07) is 5.94. The molecule has 16 heavy (non-hydrogen) atoms. The first-order valence-electron chi connectivity index (χ1n) is 5.67. The van der Waals surface area contributed by atoms with Crippen LogP contribution < -0.4 is 14.8 Å². The number of rotatable bonds is 7. The molecule has 0 aliphatic heterocycles. The molecule has 0 saturated carbocycles. The molecule has 1 rings (SSSR count). The number of methoxy groups -OCH3 is 2. The molecule has 0 amide bonds. The number of hydrogen-bond acceptors (Lipinski definition) is 3. The van der Waals surface area contributed by atoms with Crippen LogP contribution in [0.25, 0.3) is 0 Å². The first kappa shape index (κ1) is 12.8. The second-order valence-corrected chi connectivity index (χ2v) is 3.74. The number of hydrogen-bond donors (Lipinski definition) is 1. The second kappa shape index (κ2) is 7.12. The summed E-state index contributed by atoms with van der Waals surface area (Å²) in [5.41, 5.74) is 1.22. The van der Waals surface area contributed by atoms with Crippen LogP contribution in [0.1, 0.15) is 18.4 Å². The summed E-state index contributed by atoms with van der Waals surface area (Å²) >= 11 is 0. The zero-order valence-corrected chi connectivity index (χ0v) is 10.4. The highest BCUT2D eigenvalue weighted by Gasteiger charge is 2.04. The van der Waals surface area contributed by atoms with Crippen molar-refractivity contribution in [3.63, 3.8) is 0 Å². The summed E-state index contributed by atoms with van der Waals surface area (Å²) < 4.78 is 10.5. The molecule has 0 fully saturated rings. The molecule has 0 unspecified atom stereocenters. The van der Waals surface area contributed by atoms with Gasteiger partial charge in [0, 0.05) is 0 Å². The first-order valence-corrected chi connectivity index (χ1v) is 5.67. The van der Waals surface area contributed by atoms with Crippen LogP contribution in [0.3, 0.4) is 0 Å². The van der Waals surface area contributed by atoms with Gasteiger partial charge in [-0.15, -0.1) is 0 Å². The summed E-state index contributed by atoms with van der Waals surface area (Å²) in [5.74, 6) is 1.84. The van der Waals surface area contributed by atoms with Crippen molar-refractivity contribution in [2.24, 2.45) is 0 Å². The fraction of sp³-hybridized carbons (Fsp3) is 0.538. The predicted molar refractivity (Wildman–Crippen MR) is 66.4 cm³/mol. The molecule has 0 radical (unpaired) electrons. The summed E-state index contributed by atoms with van der Waals surface area (Å²) in [5, 5.41) is 3.15. The van der Waals surface area contributed by atoms with E-state index in [1.165, 1.54) is 12.0 Å². The monoisotopic (exact) mass is 223 g/mol. The summed E-state index contributed by atoms with van der Waals surface area (Å²) in [6.07, 6.45) is 3.36. The number of benzene rings is 1. The van der Waals surface area contributed by atoms with Gasteiger partial charge in [0.2, 0.25) is 0 Å². The molecular formula is C13H21NO2. The van der Waals surface area contributed by atoms with Crippen molar-refractivity contribution in [3.05, 3.63) is 23.8 Å². The van der Waals surface area contributed by atoms with Gasteiger partial charge in [-0.2, -0.15) is 0 Å². The van der Waals surface area contributed by atoms with Crippen molar-refractivity contribution < 1.29 is 9.47 Å². The lowest BCUT2D eigenvalue weighted by atomic mass is 10.1. The highest BCUT2D eigenvalue weighted by atomic mass is 16.5. The van der Waals surface area contributed by atoms with Gasteiger partial charge < -0.3 is 14.8 Å². The minimum absolute atomic E-state index is 0.893. The second-order valence-electron chi connectivity index (χ2n) is 3.74. The van der Waals surface area contributed by atoms with Crippen molar-refractivity contribution in [2.75, 3.05) is 27.8 Å². The first-order chi connectivity index (χ1) is 7.81. The van der Waals surface area contributed by atoms with E-state index in [4.69, 9.17) is 9.47 Å². The Labute approximate surface area is 97.8 Å². The molecular weight excluding hydrogens is 202 g/mol. The van der Waals surface area contributed by atoms with Gasteiger partial charge in [0.15, 0.2) is 0 Å². The van der Waals surface area contributed by atoms with Gasteiger partial charge in [0.1, 0.15) is 11.5 Å². The van der Waals surface area contributed by atoms with E-state index in [0.29, 0.717) is 0 Å². The van der Waals surface area contributed by atoms with E-state index in [0.717, 1.165) is 30.9 Å². The van der Waals surface area contributed by atoms with E-state index in [2.05, 4.69) is 11.4 Å². The third-order valence-corrected chi connectivity index (χ3v) is 2.61. The molecule has 1 aromatic carbocycles. The van der Waals surface area contributed by atoms with Gasteiger partial charge in [-0.1, -0.05) is 0 Å². The Hall–Kier alpha value is -1.22. The Morgan fingerprint density at radius 3 is 2.56 bits per heavy atom. The molecule has 3 heteroatoms. The van der Waals surface area contributed by atoms with E-state index < -0.39 is 0 Å². The minimum atomic E-state index is 0.893. The fourth-order valence-corrected chi connectivity index (χ4v) is 1.69. The SMILES string of the molecule is CNCCCCc1cc(OC)ccc1OC. The maximum Gasteiger partial charge on any atom is 0.122 e. The third-order valence-electron chi connectivity index (χ3n) is 2.61. The van der Waals surface area contributed by atoms with Gasteiger partial charge in [-0.3, -0.25) is 0 Å². The Kier molecular flexibility index (Phi) is 5.72. The van der Waals surface area contributed by atoms with Gasteiger partial charge >= 0.3 is 0 Å². The van der Waals surface area contributed by atoms with Gasteiger partial charge in [0.05, 0.1) is 14.2 Å². The van der Waals surface area contributed by atoms with Crippen LogP contribution in [0, 0.1) is 0 Å². The number of aryl methyl sites for hydroxylation is 1. The van der Waals surface area contributed by atoms with Crippen LogP contribution in [-0.4, -0.2) is 27.8 Å². The number of ether oxygens (including phenoxy) is 2. The molecule has 1 N–H and O–H groups in total. The summed E-state index contributed by atoms with van der Waals surface area (Å²) in [6.45, 7) is 1.06. The molecule has 3 nitrogen and oxygen atoms in total. The molecule has 90 valence electrons. The quantitative estimate of drug-likeness (QED) is 0.719. The molecule has 0 heterocycles. The molecule has 0 spiro atoms. The Morgan fingerprint density at radius 1 is 1.12 bits per heavy atom. The van der Waals surface area contributed by atoms with E-state index in [9.17, 15) is 0 Å². The maximum atomic E-state index is 5.33. The zero-order chi connectivity index (χ0) is 11.8. The summed E-state index contributed by atoms with van der Waals surface area (Å²) in [4.78, 5) is 0. The molecule has 1 aromatic rings. The fourth-order valence-electron chi connectivity index (χ4n) is 1.69. The molecule has 0 bridgehead atoms. The minimum Gasteiger partial charge on any atom is -0.497 e. The van der Waals surface area contributed by atoms with E-state index in [1.54, 1.807) is 14.2 Å². The lowest BCUT2D eigenvalue weighted by Crippen LogP contribution is -2.07. The molecule has 0 aliphatic carbocycles. The van der Waals surface area contributed by atoms with Crippen LogP contribution in [0.2, 0.25) is 0 Å². The van der Waals surface area contributed by atoms with Gasteiger partial charge in [0.25, 0.3) is 0 Å². The predicted octanol–water partition coefficient (Wildman–Crippen LogP) is 2.25. The van der Waals surface area contributed by atoms with Crippen molar-refractivity contribution in [1.29, 1.82) is 0 Å². The highest BCUT2D eigenvalue weighted by Crippen LogP contribution is 2.25. The van der Waals surface area contributed by atoms with Crippen molar-refractivity contribution in [3.8, 4) is 11.5 Å². The van der Waals surface area contributed by atoms with Crippen molar-refractivity contribution in [1.82, 2.24) is 5.32 Å². The smallest absolute Gasteiger partial charge is 0.122 e. The van der Waals surface area contributed by atoms with E-state index >= 15 is 0 Å². The average molecular weight is 223 g/mol. The Bertz CT molecular complexity index is 313. The molecule has 0 saturated heterocycles. The Balaban J connectivity index is 2.60. The average Bonchev–Trinajstić information content (AvgIpc) is 2.34. The van der Waals surface area contributed by atoms with Crippen molar-refractivity contribution in [2.45, 2.75) is 19.3 Å². The summed E-state index contributed by atoms with van der Waals surface area (Å²) in [7, 11) is 5.37. The lowest BCUT2D eigenvalue weighted by Gasteiger charge is -2.10. The zero-order valence-electron chi connectivity index (χ0n) is 10.4. The molecule has 0 aromatic heterocycles. The lowest BCUT2D eigenvalue weighted by molar-refractivity contribution is 0.398. The standard InChI is InChI=1S/C13H21NO2/c1-14-9-5-4-6-11-10-12(15-2)7-8-13(11)16-3/h7-8,10,14H,4-6,9H2,1-3H3. The van der Waals surface area contributed by atoms with Crippen molar-refractivity contribution >= 4 is 0 Å². The van der Waals surface area contributed by atoms with Crippen LogP contribution >= 0.6 is 0 Å². The topological polar surface area (TPSA) is 30.5 Å². The Morgan fingerprint density at radius 2 is 1.94 bits per heavy atom. The largest absolute Gasteiger partial charge is 0.497 e. The highest BCUT2D eigenvalue weighted by molar-refractivity contribution is 5.40. The van der Waals surface area contributed by atoms with Gasteiger partial charge in [-0.05, 0) is 56.6 Å². The van der Waals surface area contributed by atoms with Crippen LogP contribution in [0.4, 0.5) is 0 Å².